The van der Waals surface area contributed by atoms with Crippen molar-refractivity contribution in [1.82, 2.24) is 24.6 Å². The number of halogens is 1. The highest BCUT2D eigenvalue weighted by Gasteiger charge is 2.17. The molecule has 1 aromatic carbocycles. The van der Waals surface area contributed by atoms with Gasteiger partial charge in [-0.05, 0) is 17.2 Å². The maximum atomic E-state index is 12.4. The molecule has 10 nitrogen and oxygen atoms in total. The predicted octanol–water partition coefficient (Wildman–Crippen LogP) is 2.59. The number of rotatable bonds is 8. The van der Waals surface area contributed by atoms with E-state index in [2.05, 4.69) is 30.7 Å². The summed E-state index contributed by atoms with van der Waals surface area (Å²) < 4.78 is 6.87. The Balaban J connectivity index is 1.37. The molecule has 0 radical (unpaired) electrons. The number of amides is 1. The van der Waals surface area contributed by atoms with Gasteiger partial charge in [-0.2, -0.15) is 10.1 Å². The van der Waals surface area contributed by atoms with Gasteiger partial charge in [0.2, 0.25) is 11.9 Å². The number of ether oxygens (including phenoxy) is 1. The second kappa shape index (κ2) is 10.9. The molecule has 1 aliphatic heterocycles. The van der Waals surface area contributed by atoms with E-state index in [0.29, 0.717) is 55.3 Å². The van der Waals surface area contributed by atoms with Gasteiger partial charge in [0.25, 0.3) is 0 Å². The lowest BCUT2D eigenvalue weighted by atomic mass is 10.1. The van der Waals surface area contributed by atoms with E-state index < -0.39 is 0 Å². The third-order valence-electron chi connectivity index (χ3n) is 4.98. The summed E-state index contributed by atoms with van der Waals surface area (Å²) in [6, 6.07) is 8.02. The zero-order valence-corrected chi connectivity index (χ0v) is 19.0. The van der Waals surface area contributed by atoms with Crippen LogP contribution in [0.2, 0.25) is 5.02 Å². The number of hydrogen-bond acceptors (Lipinski definition) is 8. The van der Waals surface area contributed by atoms with Crippen molar-refractivity contribution in [1.29, 1.82) is 0 Å². The molecule has 1 saturated heterocycles. The third kappa shape index (κ3) is 6.27. The molecule has 0 bridgehead atoms. The first-order valence-electron chi connectivity index (χ1n) is 10.5. The summed E-state index contributed by atoms with van der Waals surface area (Å²) in [4.78, 5) is 26.9. The average molecular weight is 469 g/mol. The SMILES string of the molecule is CN=Cc1cccc(CNc2nc(Nc3cnn(CC(=O)N4CCOCC4)c3)ncc2Cl)c1. The molecule has 4 rings (SSSR count). The molecule has 3 aromatic rings. The van der Waals surface area contributed by atoms with E-state index in [-0.39, 0.29) is 12.5 Å². The van der Waals surface area contributed by atoms with Gasteiger partial charge in [0.05, 0.1) is 31.3 Å². The normalized spacial score (nSPS) is 13.9. The molecule has 172 valence electrons. The lowest BCUT2D eigenvalue weighted by Gasteiger charge is -2.26. The number of hydrogen-bond donors (Lipinski definition) is 2. The second-order valence-electron chi connectivity index (χ2n) is 7.42. The van der Waals surface area contributed by atoms with E-state index in [0.717, 1.165) is 11.1 Å². The summed E-state index contributed by atoms with van der Waals surface area (Å²) in [5.74, 6) is 0.892. The molecular formula is C22H25ClN8O2. The minimum Gasteiger partial charge on any atom is -0.378 e. The highest BCUT2D eigenvalue weighted by atomic mass is 35.5. The van der Waals surface area contributed by atoms with Crippen LogP contribution in [0.3, 0.4) is 0 Å². The molecule has 11 heteroatoms. The fourth-order valence-corrected chi connectivity index (χ4v) is 3.52. The van der Waals surface area contributed by atoms with Crippen molar-refractivity contribution in [3.63, 3.8) is 0 Å². The first-order valence-corrected chi connectivity index (χ1v) is 10.9. The smallest absolute Gasteiger partial charge is 0.244 e. The number of benzene rings is 1. The quantitative estimate of drug-likeness (QED) is 0.489. The van der Waals surface area contributed by atoms with Gasteiger partial charge in [0.1, 0.15) is 11.6 Å². The number of anilines is 3. The topological polar surface area (TPSA) is 110 Å². The van der Waals surface area contributed by atoms with Gasteiger partial charge in [0.15, 0.2) is 5.82 Å². The highest BCUT2D eigenvalue weighted by Crippen LogP contribution is 2.22. The molecule has 1 fully saturated rings. The summed E-state index contributed by atoms with van der Waals surface area (Å²) >= 11 is 6.28. The second-order valence-corrected chi connectivity index (χ2v) is 7.83. The maximum absolute atomic E-state index is 12.4. The summed E-state index contributed by atoms with van der Waals surface area (Å²) in [6.07, 6.45) is 6.70. The molecule has 1 aliphatic rings. The summed E-state index contributed by atoms with van der Waals surface area (Å²) in [5.41, 5.74) is 2.77. The molecular weight excluding hydrogens is 444 g/mol. The number of aromatic nitrogens is 4. The largest absolute Gasteiger partial charge is 0.378 e. The monoisotopic (exact) mass is 468 g/mol. The minimum absolute atomic E-state index is 0.0106. The molecule has 0 atom stereocenters. The van der Waals surface area contributed by atoms with Gasteiger partial charge >= 0.3 is 0 Å². The first-order chi connectivity index (χ1) is 16.1. The molecule has 0 aliphatic carbocycles. The van der Waals surface area contributed by atoms with E-state index >= 15 is 0 Å². The third-order valence-corrected chi connectivity index (χ3v) is 5.26. The van der Waals surface area contributed by atoms with E-state index in [1.807, 2.05) is 24.3 Å². The number of carbonyl (C=O) groups excluding carboxylic acids is 1. The Labute approximate surface area is 196 Å². The van der Waals surface area contributed by atoms with Gasteiger partial charge in [-0.3, -0.25) is 14.5 Å². The lowest BCUT2D eigenvalue weighted by molar-refractivity contribution is -0.136. The van der Waals surface area contributed by atoms with Crippen molar-refractivity contribution in [3.05, 3.63) is 59.0 Å². The Bertz CT molecular complexity index is 1130. The van der Waals surface area contributed by atoms with Crippen LogP contribution >= 0.6 is 11.6 Å². The van der Waals surface area contributed by atoms with Gasteiger partial charge in [-0.15, -0.1) is 0 Å². The molecule has 0 spiro atoms. The number of morpholine rings is 1. The fourth-order valence-electron chi connectivity index (χ4n) is 3.36. The standard InChI is InChI=1S/C22H25ClN8O2/c1-24-10-16-3-2-4-17(9-16)11-25-21-19(23)13-26-22(29-21)28-18-12-27-31(14-18)15-20(32)30-5-7-33-8-6-30/h2-4,9-10,12-14H,5-8,11,15H2,1H3,(H2,25,26,28,29). The van der Waals surface area contributed by atoms with Gasteiger partial charge in [0, 0.05) is 39.1 Å². The highest BCUT2D eigenvalue weighted by molar-refractivity contribution is 6.32. The van der Waals surface area contributed by atoms with Crippen LogP contribution in [0, 0.1) is 0 Å². The van der Waals surface area contributed by atoms with Gasteiger partial charge in [-0.1, -0.05) is 29.8 Å². The first kappa shape index (κ1) is 22.7. The van der Waals surface area contributed by atoms with Crippen LogP contribution in [-0.2, 0) is 22.6 Å². The Morgan fingerprint density at radius 2 is 2.15 bits per heavy atom. The van der Waals surface area contributed by atoms with Crippen molar-refractivity contribution in [2.45, 2.75) is 13.1 Å². The zero-order valence-electron chi connectivity index (χ0n) is 18.2. The van der Waals surface area contributed by atoms with Gasteiger partial charge < -0.3 is 20.3 Å². The summed E-state index contributed by atoms with van der Waals surface area (Å²) in [7, 11) is 1.74. The molecule has 3 heterocycles. The van der Waals surface area contributed by atoms with E-state index in [9.17, 15) is 4.79 Å². The predicted molar refractivity (Wildman–Crippen MR) is 127 cm³/mol. The average Bonchev–Trinajstić information content (AvgIpc) is 3.27. The van der Waals surface area contributed by atoms with Crippen LogP contribution < -0.4 is 10.6 Å². The minimum atomic E-state index is 0.0106. The van der Waals surface area contributed by atoms with Crippen molar-refractivity contribution in [2.75, 3.05) is 44.0 Å². The van der Waals surface area contributed by atoms with Crippen LogP contribution in [0.15, 0.2) is 47.8 Å². The number of carbonyl (C=O) groups is 1. The Hall–Kier alpha value is -3.50. The van der Waals surface area contributed by atoms with E-state index in [1.54, 1.807) is 35.2 Å². The van der Waals surface area contributed by atoms with Crippen molar-refractivity contribution in [3.8, 4) is 0 Å². The summed E-state index contributed by atoms with van der Waals surface area (Å²) in [5, 5.41) is 11.0. The number of nitrogens with zero attached hydrogens (tertiary/aromatic N) is 6. The van der Waals surface area contributed by atoms with E-state index in [1.165, 1.54) is 6.20 Å². The maximum Gasteiger partial charge on any atom is 0.244 e. The van der Waals surface area contributed by atoms with Crippen LogP contribution in [0.25, 0.3) is 0 Å². The van der Waals surface area contributed by atoms with Crippen molar-refractivity contribution >= 4 is 41.2 Å². The zero-order chi connectivity index (χ0) is 23.0. The van der Waals surface area contributed by atoms with Gasteiger partial charge in [-0.25, -0.2) is 4.98 Å². The van der Waals surface area contributed by atoms with Crippen molar-refractivity contribution in [2.24, 2.45) is 4.99 Å². The molecule has 2 N–H and O–H groups in total. The molecule has 1 amide bonds. The Morgan fingerprint density at radius 3 is 2.97 bits per heavy atom. The fraction of sp³-hybridized carbons (Fsp3) is 0.318. The molecule has 0 saturated carbocycles. The molecule has 0 unspecified atom stereocenters. The van der Waals surface area contributed by atoms with E-state index in [4.69, 9.17) is 16.3 Å². The summed E-state index contributed by atoms with van der Waals surface area (Å²) in [6.45, 7) is 3.06. The molecule has 2 aromatic heterocycles. The van der Waals surface area contributed by atoms with Crippen molar-refractivity contribution < 1.29 is 9.53 Å². The van der Waals surface area contributed by atoms with Crippen LogP contribution in [0.1, 0.15) is 11.1 Å². The number of nitrogens with one attached hydrogen (secondary N) is 2. The molecule has 33 heavy (non-hydrogen) atoms. The Morgan fingerprint density at radius 1 is 1.30 bits per heavy atom. The Kier molecular flexibility index (Phi) is 7.48. The lowest BCUT2D eigenvalue weighted by Crippen LogP contribution is -2.42. The number of aliphatic imine (C=N–C) groups is 1. The van der Waals surface area contributed by atoms with Crippen LogP contribution in [-0.4, -0.2) is 70.1 Å². The van der Waals surface area contributed by atoms with Crippen LogP contribution in [0.4, 0.5) is 17.5 Å². The van der Waals surface area contributed by atoms with Crippen LogP contribution in [0.5, 0.6) is 0 Å².